The monoisotopic (exact) mass is 296 g/mol. The number of alkyl halides is 1. The maximum atomic E-state index is 9.07. The van der Waals surface area contributed by atoms with Gasteiger partial charge in [-0.2, -0.15) is 5.26 Å². The highest BCUT2D eigenvalue weighted by Gasteiger charge is 2.12. The van der Waals surface area contributed by atoms with Crippen LogP contribution < -0.4 is 0 Å². The van der Waals surface area contributed by atoms with Crippen molar-refractivity contribution in [2.75, 3.05) is 0 Å². The van der Waals surface area contributed by atoms with Gasteiger partial charge in [-0.15, -0.1) is 11.6 Å². The van der Waals surface area contributed by atoms with E-state index in [0.717, 1.165) is 22.4 Å². The molecule has 0 aliphatic rings. The highest BCUT2D eigenvalue weighted by molar-refractivity contribution is 6.16. The smallest absolute Gasteiger partial charge is 0.125 e. The minimum atomic E-state index is 0.329. The number of halogens is 1. The van der Waals surface area contributed by atoms with E-state index < -0.39 is 0 Å². The molecule has 0 aliphatic heterocycles. The van der Waals surface area contributed by atoms with E-state index >= 15 is 0 Å². The number of rotatable bonds is 3. The van der Waals surface area contributed by atoms with Crippen LogP contribution in [0.1, 0.15) is 22.5 Å². The van der Waals surface area contributed by atoms with Crippen molar-refractivity contribution in [2.45, 2.75) is 19.3 Å². The van der Waals surface area contributed by atoms with Crippen LogP contribution in [0.3, 0.4) is 0 Å². The first-order valence-corrected chi connectivity index (χ1v) is 7.11. The Kier molecular flexibility index (Phi) is 3.59. The Labute approximate surface area is 127 Å². The SMILES string of the molecule is Cc1ccncc1Cn1c(CCl)nc2ccc(C#N)cc21. The number of nitriles is 1. The fraction of sp³-hybridized carbons (Fsp3) is 0.188. The number of imidazole rings is 1. The number of aromatic nitrogens is 3. The molecule has 0 radical (unpaired) electrons. The lowest BCUT2D eigenvalue weighted by Crippen LogP contribution is -2.05. The summed E-state index contributed by atoms with van der Waals surface area (Å²) in [6, 6.07) is 9.62. The zero-order valence-electron chi connectivity index (χ0n) is 11.5. The molecule has 3 rings (SSSR count). The van der Waals surface area contributed by atoms with Crippen molar-refractivity contribution in [1.29, 1.82) is 5.26 Å². The molecule has 2 heterocycles. The maximum Gasteiger partial charge on any atom is 0.125 e. The van der Waals surface area contributed by atoms with E-state index in [-0.39, 0.29) is 0 Å². The molecule has 0 aliphatic carbocycles. The summed E-state index contributed by atoms with van der Waals surface area (Å²) in [5.41, 5.74) is 4.68. The van der Waals surface area contributed by atoms with Gasteiger partial charge in [0, 0.05) is 12.4 Å². The van der Waals surface area contributed by atoms with Crippen molar-refractivity contribution in [1.82, 2.24) is 14.5 Å². The summed E-state index contributed by atoms with van der Waals surface area (Å²) >= 11 is 6.02. The number of fused-ring (bicyclic) bond motifs is 1. The minimum absolute atomic E-state index is 0.329. The van der Waals surface area contributed by atoms with Crippen molar-refractivity contribution in [3.63, 3.8) is 0 Å². The van der Waals surface area contributed by atoms with Gasteiger partial charge in [0.1, 0.15) is 5.82 Å². The number of hydrogen-bond donors (Lipinski definition) is 0. The van der Waals surface area contributed by atoms with Crippen molar-refractivity contribution >= 4 is 22.6 Å². The second-order valence-electron chi connectivity index (χ2n) is 4.87. The zero-order chi connectivity index (χ0) is 14.8. The number of aryl methyl sites for hydroxylation is 1. The van der Waals surface area contributed by atoms with Gasteiger partial charge in [0.15, 0.2) is 0 Å². The van der Waals surface area contributed by atoms with Crippen LogP contribution in [-0.4, -0.2) is 14.5 Å². The Balaban J connectivity index is 2.16. The van der Waals surface area contributed by atoms with Gasteiger partial charge in [-0.1, -0.05) is 0 Å². The van der Waals surface area contributed by atoms with Crippen LogP contribution in [0.5, 0.6) is 0 Å². The van der Waals surface area contributed by atoms with Crippen LogP contribution in [0, 0.1) is 18.3 Å². The Morgan fingerprint density at radius 1 is 1.33 bits per heavy atom. The molecule has 0 unspecified atom stereocenters. The summed E-state index contributed by atoms with van der Waals surface area (Å²) in [6.07, 6.45) is 3.63. The number of hydrogen-bond acceptors (Lipinski definition) is 3. The highest BCUT2D eigenvalue weighted by Crippen LogP contribution is 2.21. The molecule has 2 aromatic heterocycles. The summed E-state index contributed by atoms with van der Waals surface area (Å²) < 4.78 is 2.05. The molecule has 0 spiro atoms. The first-order valence-electron chi connectivity index (χ1n) is 6.57. The van der Waals surface area contributed by atoms with Crippen LogP contribution >= 0.6 is 11.6 Å². The van der Waals surface area contributed by atoms with Gasteiger partial charge >= 0.3 is 0 Å². The third kappa shape index (κ3) is 2.48. The lowest BCUT2D eigenvalue weighted by Gasteiger charge is -2.10. The average molecular weight is 297 g/mol. The third-order valence-electron chi connectivity index (χ3n) is 3.55. The Hall–Kier alpha value is -2.38. The van der Waals surface area contributed by atoms with Crippen LogP contribution in [0.15, 0.2) is 36.7 Å². The second-order valence-corrected chi connectivity index (χ2v) is 5.13. The Morgan fingerprint density at radius 3 is 2.90 bits per heavy atom. The fourth-order valence-electron chi connectivity index (χ4n) is 2.35. The van der Waals surface area contributed by atoms with Gasteiger partial charge in [0.25, 0.3) is 0 Å². The number of nitrogens with zero attached hydrogens (tertiary/aromatic N) is 4. The van der Waals surface area contributed by atoms with Crippen LogP contribution in [-0.2, 0) is 12.4 Å². The summed E-state index contributed by atoms with van der Waals surface area (Å²) in [5.74, 6) is 1.13. The highest BCUT2D eigenvalue weighted by atomic mass is 35.5. The second kappa shape index (κ2) is 5.55. The fourth-order valence-corrected chi connectivity index (χ4v) is 2.56. The summed E-state index contributed by atoms with van der Waals surface area (Å²) in [7, 11) is 0. The lowest BCUT2D eigenvalue weighted by atomic mass is 10.1. The Morgan fingerprint density at radius 2 is 2.19 bits per heavy atom. The standard InChI is InChI=1S/C16H13ClN4/c1-11-4-5-19-9-13(11)10-21-15-6-12(8-18)2-3-14(15)20-16(21)7-17/h2-6,9H,7,10H2,1H3. The van der Waals surface area contributed by atoms with E-state index in [1.807, 2.05) is 29.0 Å². The first-order chi connectivity index (χ1) is 10.2. The van der Waals surface area contributed by atoms with Crippen molar-refractivity contribution in [3.05, 3.63) is 59.2 Å². The van der Waals surface area contributed by atoms with Crippen molar-refractivity contribution in [2.24, 2.45) is 0 Å². The molecule has 0 saturated carbocycles. The van der Waals surface area contributed by atoms with Gasteiger partial charge < -0.3 is 4.57 Å². The summed E-state index contributed by atoms with van der Waals surface area (Å²) in [6.45, 7) is 2.70. The van der Waals surface area contributed by atoms with Crippen LogP contribution in [0.4, 0.5) is 0 Å². The predicted octanol–water partition coefficient (Wildman–Crippen LogP) is 3.40. The molecule has 0 bridgehead atoms. The molecule has 0 N–H and O–H groups in total. The van der Waals surface area contributed by atoms with E-state index in [9.17, 15) is 0 Å². The van der Waals surface area contributed by atoms with Gasteiger partial charge in [0.05, 0.1) is 35.1 Å². The maximum absolute atomic E-state index is 9.07. The molecule has 0 amide bonds. The topological polar surface area (TPSA) is 54.5 Å². The molecule has 104 valence electrons. The molecule has 4 nitrogen and oxygen atoms in total. The van der Waals surface area contributed by atoms with Gasteiger partial charge in [-0.3, -0.25) is 4.98 Å². The van der Waals surface area contributed by atoms with Crippen molar-refractivity contribution in [3.8, 4) is 6.07 Å². The minimum Gasteiger partial charge on any atom is -0.322 e. The van der Waals surface area contributed by atoms with E-state index in [1.54, 1.807) is 12.3 Å². The molecule has 5 heteroatoms. The molecule has 3 aromatic rings. The molecule has 1 aromatic carbocycles. The van der Waals surface area contributed by atoms with E-state index in [1.165, 1.54) is 5.56 Å². The van der Waals surface area contributed by atoms with E-state index in [2.05, 4.69) is 23.0 Å². The summed E-state index contributed by atoms with van der Waals surface area (Å²) in [4.78, 5) is 8.71. The van der Waals surface area contributed by atoms with Gasteiger partial charge in [0.2, 0.25) is 0 Å². The van der Waals surface area contributed by atoms with Crippen molar-refractivity contribution < 1.29 is 0 Å². The largest absolute Gasteiger partial charge is 0.322 e. The molecular formula is C16H13ClN4. The van der Waals surface area contributed by atoms with Gasteiger partial charge in [-0.25, -0.2) is 4.98 Å². The molecule has 0 saturated heterocycles. The molecule has 0 fully saturated rings. The third-order valence-corrected chi connectivity index (χ3v) is 3.79. The van der Waals surface area contributed by atoms with Crippen LogP contribution in [0.25, 0.3) is 11.0 Å². The number of pyridine rings is 1. The van der Waals surface area contributed by atoms with Gasteiger partial charge in [-0.05, 0) is 42.3 Å². The molecule has 0 atom stereocenters. The van der Waals surface area contributed by atoms with Crippen LogP contribution in [0.2, 0.25) is 0 Å². The first kappa shape index (κ1) is 13.6. The predicted molar refractivity (Wildman–Crippen MR) is 82.1 cm³/mol. The number of benzene rings is 1. The normalized spacial score (nSPS) is 10.7. The van der Waals surface area contributed by atoms with E-state index in [0.29, 0.717) is 18.0 Å². The molecule has 21 heavy (non-hydrogen) atoms. The van der Waals surface area contributed by atoms with E-state index in [4.69, 9.17) is 16.9 Å². The zero-order valence-corrected chi connectivity index (χ0v) is 12.3. The average Bonchev–Trinajstić information content (AvgIpc) is 2.86. The molecular weight excluding hydrogens is 284 g/mol. The summed E-state index contributed by atoms with van der Waals surface area (Å²) in [5, 5.41) is 9.07. The lowest BCUT2D eigenvalue weighted by molar-refractivity contribution is 0.770. The Bertz CT molecular complexity index is 845. The quantitative estimate of drug-likeness (QED) is 0.696.